The zero-order valence-electron chi connectivity index (χ0n) is 19.4. The first kappa shape index (κ1) is 25.1. The van der Waals surface area contributed by atoms with E-state index < -0.39 is 33.6 Å². The molecule has 1 amide bonds. The number of hydrogen-bond acceptors (Lipinski definition) is 6. The number of esters is 1. The van der Waals surface area contributed by atoms with Gasteiger partial charge in [-0.1, -0.05) is 38.1 Å². The second-order valence-corrected chi connectivity index (χ2v) is 9.61. The summed E-state index contributed by atoms with van der Waals surface area (Å²) in [7, 11) is -3.73. The summed E-state index contributed by atoms with van der Waals surface area (Å²) >= 11 is 0. The van der Waals surface area contributed by atoms with Gasteiger partial charge in [0.25, 0.3) is 5.91 Å². The molecule has 0 spiro atoms. The van der Waals surface area contributed by atoms with Gasteiger partial charge in [-0.25, -0.2) is 13.2 Å². The minimum absolute atomic E-state index is 0.0435. The van der Waals surface area contributed by atoms with Crippen LogP contribution in [-0.4, -0.2) is 48.8 Å². The van der Waals surface area contributed by atoms with Gasteiger partial charge in [0.2, 0.25) is 15.6 Å². The number of H-pyrrole nitrogens is 1. The molecule has 2 aromatic carbocycles. The zero-order valence-corrected chi connectivity index (χ0v) is 20.2. The van der Waals surface area contributed by atoms with Crippen molar-refractivity contribution in [2.75, 3.05) is 18.4 Å². The number of para-hydroxylation sites is 1. The smallest absolute Gasteiger partial charge is 0.339 e. The van der Waals surface area contributed by atoms with Gasteiger partial charge >= 0.3 is 5.97 Å². The van der Waals surface area contributed by atoms with E-state index in [9.17, 15) is 22.8 Å². The summed E-state index contributed by atoms with van der Waals surface area (Å²) in [6, 6.07) is 12.5. The van der Waals surface area contributed by atoms with Crippen LogP contribution >= 0.6 is 0 Å². The molecule has 3 rings (SSSR count). The molecular formula is C24H27N3O6S. The Morgan fingerprint density at radius 2 is 1.76 bits per heavy atom. The van der Waals surface area contributed by atoms with E-state index in [0.29, 0.717) is 29.6 Å². The Kier molecular flexibility index (Phi) is 7.53. The number of ether oxygens (including phenoxy) is 1. The third kappa shape index (κ3) is 5.18. The first-order valence-corrected chi connectivity index (χ1v) is 12.3. The molecule has 0 saturated heterocycles. The molecule has 1 aromatic heterocycles. The summed E-state index contributed by atoms with van der Waals surface area (Å²) in [6.07, 6.45) is -1.20. The lowest BCUT2D eigenvalue weighted by Crippen LogP contribution is -2.32. The predicted molar refractivity (Wildman–Crippen MR) is 129 cm³/mol. The number of aromatic nitrogens is 1. The van der Waals surface area contributed by atoms with Gasteiger partial charge in [0.15, 0.2) is 6.10 Å². The maximum Gasteiger partial charge on any atom is 0.339 e. The minimum atomic E-state index is -3.73. The molecule has 0 radical (unpaired) electrons. The lowest BCUT2D eigenvalue weighted by atomic mass is 10.1. The van der Waals surface area contributed by atoms with Crippen LogP contribution in [0.2, 0.25) is 0 Å². The number of nitrogens with zero attached hydrogens (tertiary/aromatic N) is 1. The second kappa shape index (κ2) is 10.2. The van der Waals surface area contributed by atoms with Crippen LogP contribution in [0.15, 0.2) is 58.2 Å². The van der Waals surface area contributed by atoms with Crippen LogP contribution in [0, 0.1) is 6.92 Å². The number of pyridine rings is 1. The third-order valence-electron chi connectivity index (χ3n) is 5.40. The number of anilines is 1. The Morgan fingerprint density at radius 1 is 1.09 bits per heavy atom. The van der Waals surface area contributed by atoms with Gasteiger partial charge in [0.1, 0.15) is 0 Å². The molecule has 0 aliphatic rings. The number of carbonyl (C=O) groups is 2. The number of hydrogen-bond donors (Lipinski definition) is 2. The van der Waals surface area contributed by atoms with Crippen molar-refractivity contribution in [1.82, 2.24) is 9.29 Å². The highest BCUT2D eigenvalue weighted by molar-refractivity contribution is 7.89. The summed E-state index contributed by atoms with van der Waals surface area (Å²) < 4.78 is 32.5. The number of carbonyl (C=O) groups excluding carboxylic acids is 2. The van der Waals surface area contributed by atoms with Gasteiger partial charge in [-0.2, -0.15) is 4.31 Å². The van der Waals surface area contributed by atoms with E-state index in [1.165, 1.54) is 17.3 Å². The molecule has 0 aliphatic heterocycles. The molecule has 3 aromatic rings. The summed E-state index contributed by atoms with van der Waals surface area (Å²) in [5.41, 5.74) is 0.850. The van der Waals surface area contributed by atoms with Crippen molar-refractivity contribution in [2.45, 2.75) is 38.7 Å². The fraction of sp³-hybridized carbons (Fsp3) is 0.292. The van der Waals surface area contributed by atoms with Crippen molar-refractivity contribution in [3.05, 3.63) is 70.0 Å². The van der Waals surface area contributed by atoms with Gasteiger partial charge in [0, 0.05) is 35.7 Å². The summed E-state index contributed by atoms with van der Waals surface area (Å²) in [4.78, 5) is 40.0. The number of fused-ring (bicyclic) bond motifs is 1. The zero-order chi connectivity index (χ0) is 25.0. The van der Waals surface area contributed by atoms with E-state index in [0.717, 1.165) is 6.07 Å². The van der Waals surface area contributed by atoms with E-state index in [4.69, 9.17) is 4.74 Å². The van der Waals surface area contributed by atoms with E-state index in [1.807, 2.05) is 0 Å². The molecule has 10 heteroatoms. The van der Waals surface area contributed by atoms with E-state index in [2.05, 4.69) is 10.3 Å². The molecule has 180 valence electrons. The predicted octanol–water partition coefficient (Wildman–Crippen LogP) is 3.05. The Morgan fingerprint density at radius 3 is 2.44 bits per heavy atom. The van der Waals surface area contributed by atoms with Crippen molar-refractivity contribution in [3.8, 4) is 0 Å². The monoisotopic (exact) mass is 485 g/mol. The van der Waals surface area contributed by atoms with Crippen molar-refractivity contribution >= 4 is 38.5 Å². The number of benzene rings is 2. The van der Waals surface area contributed by atoms with Crippen LogP contribution in [0.3, 0.4) is 0 Å². The molecule has 0 saturated carbocycles. The topological polar surface area (TPSA) is 126 Å². The van der Waals surface area contributed by atoms with Crippen LogP contribution < -0.4 is 10.9 Å². The van der Waals surface area contributed by atoms with Gasteiger partial charge < -0.3 is 15.0 Å². The largest absolute Gasteiger partial charge is 0.449 e. The van der Waals surface area contributed by atoms with E-state index in [1.54, 1.807) is 57.2 Å². The molecule has 1 unspecified atom stereocenters. The molecular weight excluding hydrogens is 458 g/mol. The summed E-state index contributed by atoms with van der Waals surface area (Å²) in [5, 5.41) is 3.08. The van der Waals surface area contributed by atoms with Crippen LogP contribution in [0.5, 0.6) is 0 Å². The Labute approximate surface area is 197 Å². The van der Waals surface area contributed by atoms with Crippen molar-refractivity contribution in [3.63, 3.8) is 0 Å². The van der Waals surface area contributed by atoms with Gasteiger partial charge in [0.05, 0.1) is 10.5 Å². The lowest BCUT2D eigenvalue weighted by molar-refractivity contribution is -0.123. The molecule has 1 heterocycles. The van der Waals surface area contributed by atoms with Crippen LogP contribution in [0.1, 0.15) is 36.7 Å². The number of amides is 1. The average molecular weight is 486 g/mol. The molecule has 0 fully saturated rings. The molecule has 0 bridgehead atoms. The van der Waals surface area contributed by atoms with Gasteiger partial charge in [-0.3, -0.25) is 9.59 Å². The molecule has 2 N–H and O–H groups in total. The molecule has 9 nitrogen and oxygen atoms in total. The third-order valence-corrected chi connectivity index (χ3v) is 7.59. The SMILES string of the molecule is CCN(CC)S(=O)(=O)c1cc(NC(=O)C(C)OC(=O)c2cc(=O)[nH]c3ccccc23)ccc1C. The highest BCUT2D eigenvalue weighted by Gasteiger charge is 2.25. The average Bonchev–Trinajstić information content (AvgIpc) is 2.80. The normalized spacial score (nSPS) is 12.5. The Balaban J connectivity index is 1.79. The fourth-order valence-corrected chi connectivity index (χ4v) is 5.26. The fourth-order valence-electron chi connectivity index (χ4n) is 3.55. The van der Waals surface area contributed by atoms with Crippen LogP contribution in [0.25, 0.3) is 10.9 Å². The first-order valence-electron chi connectivity index (χ1n) is 10.8. The second-order valence-electron chi connectivity index (χ2n) is 7.70. The highest BCUT2D eigenvalue weighted by atomic mass is 32.2. The molecule has 34 heavy (non-hydrogen) atoms. The van der Waals surface area contributed by atoms with Gasteiger partial charge in [-0.15, -0.1) is 0 Å². The quantitative estimate of drug-likeness (QED) is 0.473. The summed E-state index contributed by atoms with van der Waals surface area (Å²) in [6.45, 7) is 7.21. The molecule has 1 atom stereocenters. The summed E-state index contributed by atoms with van der Waals surface area (Å²) in [5.74, 6) is -1.46. The maximum absolute atomic E-state index is 12.9. The van der Waals surface area contributed by atoms with E-state index >= 15 is 0 Å². The Bertz CT molecular complexity index is 1390. The van der Waals surface area contributed by atoms with Crippen molar-refractivity contribution in [1.29, 1.82) is 0 Å². The van der Waals surface area contributed by atoms with E-state index in [-0.39, 0.29) is 16.1 Å². The number of rotatable bonds is 8. The number of aromatic amines is 1. The minimum Gasteiger partial charge on any atom is -0.449 e. The van der Waals surface area contributed by atoms with Crippen molar-refractivity contribution < 1.29 is 22.7 Å². The number of aryl methyl sites for hydroxylation is 1. The maximum atomic E-state index is 12.9. The lowest BCUT2D eigenvalue weighted by Gasteiger charge is -2.20. The first-order chi connectivity index (χ1) is 16.1. The highest BCUT2D eigenvalue weighted by Crippen LogP contribution is 2.24. The number of nitrogens with one attached hydrogen (secondary N) is 2. The van der Waals surface area contributed by atoms with Gasteiger partial charge in [-0.05, 0) is 37.6 Å². The van der Waals surface area contributed by atoms with Crippen molar-refractivity contribution in [2.24, 2.45) is 0 Å². The standard InChI is InChI=1S/C24H27N3O6S/c1-5-27(6-2)34(31,32)21-13-17(12-11-15(21)3)25-23(29)16(4)33-24(30)19-14-22(28)26-20-10-8-7-9-18(19)20/h7-14,16H,5-6H2,1-4H3,(H,25,29)(H,26,28). The Hall–Kier alpha value is -3.50. The number of sulfonamides is 1. The van der Waals surface area contributed by atoms with Crippen LogP contribution in [0.4, 0.5) is 5.69 Å². The van der Waals surface area contributed by atoms with Crippen LogP contribution in [-0.2, 0) is 19.6 Å². The molecule has 0 aliphatic carbocycles.